The van der Waals surface area contributed by atoms with Crippen LogP contribution in [0.2, 0.25) is 0 Å². The molecule has 88 valence electrons. The van der Waals surface area contributed by atoms with Crippen LogP contribution in [-0.4, -0.2) is 11.8 Å². The van der Waals surface area contributed by atoms with E-state index in [4.69, 9.17) is 11.0 Å². The van der Waals surface area contributed by atoms with Crippen LogP contribution in [0.5, 0.6) is 0 Å². The van der Waals surface area contributed by atoms with Crippen LogP contribution in [0.4, 0.5) is 5.69 Å². The minimum Gasteiger partial charge on any atom is -0.369 e. The molecule has 0 spiro atoms. The third-order valence-corrected chi connectivity index (χ3v) is 2.21. The van der Waals surface area contributed by atoms with Crippen molar-refractivity contribution < 1.29 is 9.59 Å². The number of carbonyl (C=O) groups excluding carboxylic acids is 2. The molecule has 0 radical (unpaired) electrons. The summed E-state index contributed by atoms with van der Waals surface area (Å²) in [4.78, 5) is 21.7. The van der Waals surface area contributed by atoms with E-state index in [1.807, 2.05) is 6.07 Å². The molecule has 1 aromatic rings. The van der Waals surface area contributed by atoms with E-state index in [1.165, 1.54) is 6.92 Å². The van der Waals surface area contributed by atoms with Crippen molar-refractivity contribution >= 4 is 17.5 Å². The Balaban J connectivity index is 2.71. The number of nitriles is 1. The lowest BCUT2D eigenvalue weighted by Gasteiger charge is -2.06. The van der Waals surface area contributed by atoms with Crippen LogP contribution in [0, 0.1) is 17.2 Å². The van der Waals surface area contributed by atoms with Crippen LogP contribution >= 0.6 is 0 Å². The van der Waals surface area contributed by atoms with Crippen LogP contribution in [0.15, 0.2) is 24.3 Å². The molecule has 0 saturated heterocycles. The van der Waals surface area contributed by atoms with E-state index >= 15 is 0 Å². The van der Waals surface area contributed by atoms with Crippen LogP contribution in [0.3, 0.4) is 0 Å². The monoisotopic (exact) mass is 231 g/mol. The smallest absolute Gasteiger partial charge is 0.235 e. The molecular formula is C12H13N3O2. The molecule has 0 heterocycles. The fraction of sp³-hybridized carbons (Fsp3) is 0.250. The molecule has 17 heavy (non-hydrogen) atoms. The zero-order chi connectivity index (χ0) is 12.8. The summed E-state index contributed by atoms with van der Waals surface area (Å²) in [6, 6.07) is 8.78. The van der Waals surface area contributed by atoms with Crippen molar-refractivity contribution in [3.05, 3.63) is 29.8 Å². The quantitative estimate of drug-likeness (QED) is 0.802. The van der Waals surface area contributed by atoms with E-state index in [0.29, 0.717) is 5.69 Å². The zero-order valence-electron chi connectivity index (χ0n) is 9.43. The van der Waals surface area contributed by atoms with E-state index in [9.17, 15) is 9.59 Å². The summed E-state index contributed by atoms with van der Waals surface area (Å²) >= 11 is 0. The number of primary amides is 1. The molecule has 1 aromatic carbocycles. The fourth-order valence-electron chi connectivity index (χ4n) is 1.37. The Morgan fingerprint density at radius 3 is 2.41 bits per heavy atom. The molecule has 1 atom stereocenters. The molecule has 0 saturated carbocycles. The second-order valence-electron chi connectivity index (χ2n) is 3.67. The van der Waals surface area contributed by atoms with E-state index < -0.39 is 11.8 Å². The van der Waals surface area contributed by atoms with Crippen molar-refractivity contribution in [2.75, 3.05) is 5.32 Å². The number of anilines is 1. The van der Waals surface area contributed by atoms with Crippen LogP contribution < -0.4 is 11.1 Å². The van der Waals surface area contributed by atoms with Crippen LogP contribution in [-0.2, 0) is 16.0 Å². The molecule has 1 unspecified atom stereocenters. The zero-order valence-corrected chi connectivity index (χ0v) is 9.43. The summed E-state index contributed by atoms with van der Waals surface area (Å²) in [6.45, 7) is 1.42. The predicted octanol–water partition coefficient (Wildman–Crippen LogP) is 0.813. The third kappa shape index (κ3) is 3.95. The van der Waals surface area contributed by atoms with Crippen LogP contribution in [0.1, 0.15) is 12.5 Å². The highest BCUT2D eigenvalue weighted by atomic mass is 16.1. The topological polar surface area (TPSA) is 96.0 Å². The molecule has 0 aliphatic carbocycles. The lowest BCUT2D eigenvalue weighted by molar-refractivity contribution is -0.120. The first-order valence-corrected chi connectivity index (χ1v) is 5.08. The Morgan fingerprint density at radius 1 is 1.41 bits per heavy atom. The van der Waals surface area contributed by atoms with Gasteiger partial charge in [-0.15, -0.1) is 0 Å². The molecule has 0 aliphatic heterocycles. The average molecular weight is 231 g/mol. The van der Waals surface area contributed by atoms with Crippen molar-refractivity contribution in [3.8, 4) is 6.07 Å². The van der Waals surface area contributed by atoms with Gasteiger partial charge < -0.3 is 11.1 Å². The van der Waals surface area contributed by atoms with Gasteiger partial charge in [0.1, 0.15) is 5.92 Å². The van der Waals surface area contributed by atoms with Crippen molar-refractivity contribution in [2.45, 2.75) is 13.3 Å². The number of benzene rings is 1. The minimum absolute atomic E-state index is 0.148. The minimum atomic E-state index is -0.818. The molecule has 5 nitrogen and oxygen atoms in total. The van der Waals surface area contributed by atoms with Gasteiger partial charge in [-0.25, -0.2) is 0 Å². The predicted molar refractivity (Wildman–Crippen MR) is 62.7 cm³/mol. The first-order valence-electron chi connectivity index (χ1n) is 5.08. The second-order valence-corrected chi connectivity index (χ2v) is 3.67. The van der Waals surface area contributed by atoms with Gasteiger partial charge in [-0.3, -0.25) is 9.59 Å². The summed E-state index contributed by atoms with van der Waals surface area (Å²) in [5.41, 5.74) is 6.57. The van der Waals surface area contributed by atoms with Gasteiger partial charge in [-0.2, -0.15) is 5.26 Å². The number of hydrogen-bond donors (Lipinski definition) is 2. The third-order valence-electron chi connectivity index (χ3n) is 2.21. The maximum Gasteiger partial charge on any atom is 0.235 e. The summed E-state index contributed by atoms with van der Waals surface area (Å²) in [5, 5.41) is 11.3. The first-order chi connectivity index (χ1) is 8.02. The highest BCUT2D eigenvalue weighted by Crippen LogP contribution is 2.13. The standard InChI is InChI=1S/C12H13N3O2/c1-8(16)15-11-4-2-9(3-5-11)6-10(7-13)12(14)17/h2-5,10H,6H2,1H3,(H2,14,17)(H,15,16). The first kappa shape index (κ1) is 12.7. The molecule has 5 heteroatoms. The molecule has 0 bridgehead atoms. The number of rotatable bonds is 4. The molecule has 3 N–H and O–H groups in total. The van der Waals surface area contributed by atoms with Gasteiger partial charge >= 0.3 is 0 Å². The van der Waals surface area contributed by atoms with Crippen molar-refractivity contribution in [3.63, 3.8) is 0 Å². The number of nitrogens with one attached hydrogen (secondary N) is 1. The Hall–Kier alpha value is -2.35. The van der Waals surface area contributed by atoms with Crippen molar-refractivity contribution in [1.82, 2.24) is 0 Å². The normalized spacial score (nSPS) is 11.3. The lowest BCUT2D eigenvalue weighted by Crippen LogP contribution is -2.23. The Bertz CT molecular complexity index is 460. The van der Waals surface area contributed by atoms with Crippen LogP contribution in [0.25, 0.3) is 0 Å². The fourth-order valence-corrected chi connectivity index (χ4v) is 1.37. The van der Waals surface area contributed by atoms with Crippen molar-refractivity contribution in [2.24, 2.45) is 11.7 Å². The van der Waals surface area contributed by atoms with E-state index in [2.05, 4.69) is 5.32 Å². The molecule has 1 rings (SSSR count). The van der Waals surface area contributed by atoms with E-state index in [-0.39, 0.29) is 12.3 Å². The van der Waals surface area contributed by atoms with E-state index in [1.54, 1.807) is 24.3 Å². The Labute approximate surface area is 99.2 Å². The maximum atomic E-state index is 10.9. The second kappa shape index (κ2) is 5.66. The highest BCUT2D eigenvalue weighted by Gasteiger charge is 2.14. The lowest BCUT2D eigenvalue weighted by atomic mass is 10.00. The number of hydrogen-bond acceptors (Lipinski definition) is 3. The van der Waals surface area contributed by atoms with Gasteiger partial charge in [0.05, 0.1) is 6.07 Å². The summed E-state index contributed by atoms with van der Waals surface area (Å²) < 4.78 is 0. The Morgan fingerprint density at radius 2 is 2.00 bits per heavy atom. The number of nitrogens with two attached hydrogens (primary N) is 1. The van der Waals surface area contributed by atoms with Gasteiger partial charge in [0.15, 0.2) is 0 Å². The molecular weight excluding hydrogens is 218 g/mol. The van der Waals surface area contributed by atoms with Crippen molar-refractivity contribution in [1.29, 1.82) is 5.26 Å². The summed E-state index contributed by atoms with van der Waals surface area (Å²) in [5.74, 6) is -1.59. The molecule has 0 aliphatic rings. The highest BCUT2D eigenvalue weighted by molar-refractivity contribution is 5.88. The largest absolute Gasteiger partial charge is 0.369 e. The maximum absolute atomic E-state index is 10.9. The van der Waals surface area contributed by atoms with Gasteiger partial charge in [0.2, 0.25) is 11.8 Å². The average Bonchev–Trinajstić information content (AvgIpc) is 2.26. The molecule has 0 fully saturated rings. The Kier molecular flexibility index (Phi) is 4.23. The SMILES string of the molecule is CC(=O)Nc1ccc(CC(C#N)C(N)=O)cc1. The van der Waals surface area contributed by atoms with Gasteiger partial charge in [-0.05, 0) is 24.1 Å². The molecule has 2 amide bonds. The molecule has 0 aromatic heterocycles. The van der Waals surface area contributed by atoms with Gasteiger partial charge in [-0.1, -0.05) is 12.1 Å². The number of nitrogens with zero attached hydrogens (tertiary/aromatic N) is 1. The summed E-state index contributed by atoms with van der Waals surface area (Å²) in [7, 11) is 0. The number of amides is 2. The van der Waals surface area contributed by atoms with Gasteiger partial charge in [0.25, 0.3) is 0 Å². The number of carbonyl (C=O) groups is 2. The van der Waals surface area contributed by atoms with Gasteiger partial charge in [0, 0.05) is 12.6 Å². The van der Waals surface area contributed by atoms with E-state index in [0.717, 1.165) is 5.56 Å². The summed E-state index contributed by atoms with van der Waals surface area (Å²) in [6.07, 6.45) is 0.284.